The number of nitrogens with one attached hydrogen (secondary N) is 1. The summed E-state index contributed by atoms with van der Waals surface area (Å²) < 4.78 is 7.44. The van der Waals surface area contributed by atoms with Crippen LogP contribution >= 0.6 is 11.8 Å². The summed E-state index contributed by atoms with van der Waals surface area (Å²) in [6, 6.07) is 9.86. The van der Waals surface area contributed by atoms with E-state index in [0.29, 0.717) is 16.7 Å². The lowest BCUT2D eigenvalue weighted by Crippen LogP contribution is -2.20. The Morgan fingerprint density at radius 2 is 2.12 bits per heavy atom. The zero-order valence-corrected chi connectivity index (χ0v) is 14.6. The standard InChI is InChI=1S/C17H18N4O2S/c1-11-6-7-12(2)13(9-11)21-16(14-5-4-8-23-14)19-20-17(21)24-10-15(22)18-3/h4-9H,10H2,1-3H3,(H,18,22). The number of nitrogens with zero attached hydrogens (tertiary/aromatic N) is 3. The van der Waals surface area contributed by atoms with Gasteiger partial charge in [-0.05, 0) is 43.2 Å². The molecule has 1 amide bonds. The monoisotopic (exact) mass is 342 g/mol. The Labute approximate surface area is 144 Å². The van der Waals surface area contributed by atoms with E-state index in [0.717, 1.165) is 16.8 Å². The fourth-order valence-electron chi connectivity index (χ4n) is 2.31. The molecular weight excluding hydrogens is 324 g/mol. The summed E-state index contributed by atoms with van der Waals surface area (Å²) in [7, 11) is 1.62. The first-order chi connectivity index (χ1) is 11.6. The molecule has 0 aliphatic carbocycles. The number of rotatable bonds is 5. The summed E-state index contributed by atoms with van der Waals surface area (Å²) in [4.78, 5) is 11.6. The second-order valence-corrected chi connectivity index (χ2v) is 6.31. The minimum atomic E-state index is -0.0601. The van der Waals surface area contributed by atoms with Crippen LogP contribution in [0.25, 0.3) is 17.3 Å². The first-order valence-corrected chi connectivity index (χ1v) is 8.49. The molecule has 24 heavy (non-hydrogen) atoms. The van der Waals surface area contributed by atoms with Crippen molar-refractivity contribution in [1.29, 1.82) is 0 Å². The van der Waals surface area contributed by atoms with E-state index in [1.807, 2.05) is 30.5 Å². The lowest BCUT2D eigenvalue weighted by Gasteiger charge is -2.12. The number of hydrogen-bond donors (Lipinski definition) is 1. The largest absolute Gasteiger partial charge is 0.461 e. The van der Waals surface area contributed by atoms with Gasteiger partial charge in [-0.25, -0.2) is 0 Å². The van der Waals surface area contributed by atoms with Crippen molar-refractivity contribution < 1.29 is 9.21 Å². The van der Waals surface area contributed by atoms with E-state index in [9.17, 15) is 4.79 Å². The van der Waals surface area contributed by atoms with Crippen LogP contribution in [0.4, 0.5) is 0 Å². The van der Waals surface area contributed by atoms with Crippen molar-refractivity contribution in [2.45, 2.75) is 19.0 Å². The van der Waals surface area contributed by atoms with Crippen molar-refractivity contribution in [3.05, 3.63) is 47.7 Å². The summed E-state index contributed by atoms with van der Waals surface area (Å²) >= 11 is 1.34. The van der Waals surface area contributed by atoms with Crippen molar-refractivity contribution in [2.24, 2.45) is 0 Å². The van der Waals surface area contributed by atoms with Gasteiger partial charge in [0.1, 0.15) is 0 Å². The van der Waals surface area contributed by atoms with Crippen LogP contribution in [-0.4, -0.2) is 33.5 Å². The normalized spacial score (nSPS) is 10.8. The van der Waals surface area contributed by atoms with Crippen molar-refractivity contribution in [3.63, 3.8) is 0 Å². The quantitative estimate of drug-likeness (QED) is 0.722. The molecule has 2 heterocycles. The van der Waals surface area contributed by atoms with Crippen LogP contribution in [0.2, 0.25) is 0 Å². The van der Waals surface area contributed by atoms with Crippen LogP contribution in [0, 0.1) is 13.8 Å². The van der Waals surface area contributed by atoms with Gasteiger partial charge in [0.05, 0.1) is 17.7 Å². The molecule has 0 radical (unpaired) electrons. The smallest absolute Gasteiger partial charge is 0.230 e. The third kappa shape index (κ3) is 3.21. The van der Waals surface area contributed by atoms with Gasteiger partial charge in [0, 0.05) is 7.05 Å². The third-order valence-electron chi connectivity index (χ3n) is 3.59. The van der Waals surface area contributed by atoms with Crippen LogP contribution in [0.3, 0.4) is 0 Å². The number of thioether (sulfide) groups is 1. The van der Waals surface area contributed by atoms with E-state index in [4.69, 9.17) is 4.42 Å². The molecule has 2 aromatic heterocycles. The molecule has 0 aliphatic heterocycles. The maximum Gasteiger partial charge on any atom is 0.230 e. The Kier molecular flexibility index (Phi) is 4.71. The number of aromatic nitrogens is 3. The number of hydrogen-bond acceptors (Lipinski definition) is 5. The van der Waals surface area contributed by atoms with E-state index >= 15 is 0 Å². The Bertz CT molecular complexity index is 856. The second kappa shape index (κ2) is 6.92. The summed E-state index contributed by atoms with van der Waals surface area (Å²) in [6.07, 6.45) is 1.61. The maximum absolute atomic E-state index is 11.6. The fourth-order valence-corrected chi connectivity index (χ4v) is 3.13. The Hall–Kier alpha value is -2.54. The number of benzene rings is 1. The van der Waals surface area contributed by atoms with Gasteiger partial charge in [-0.2, -0.15) is 0 Å². The second-order valence-electron chi connectivity index (χ2n) is 5.37. The molecule has 124 valence electrons. The highest BCUT2D eigenvalue weighted by atomic mass is 32.2. The summed E-state index contributed by atoms with van der Waals surface area (Å²) in [5, 5.41) is 11.8. The molecule has 0 saturated carbocycles. The molecule has 0 saturated heterocycles. The van der Waals surface area contributed by atoms with Crippen molar-refractivity contribution in [3.8, 4) is 17.3 Å². The van der Waals surface area contributed by atoms with Gasteiger partial charge in [0.2, 0.25) is 11.7 Å². The lowest BCUT2D eigenvalue weighted by atomic mass is 10.1. The van der Waals surface area contributed by atoms with E-state index in [1.165, 1.54) is 11.8 Å². The van der Waals surface area contributed by atoms with E-state index in [-0.39, 0.29) is 11.7 Å². The van der Waals surface area contributed by atoms with E-state index < -0.39 is 0 Å². The first kappa shape index (κ1) is 16.3. The van der Waals surface area contributed by atoms with Crippen LogP contribution in [0.1, 0.15) is 11.1 Å². The fraction of sp³-hybridized carbons (Fsp3) is 0.235. The molecule has 7 heteroatoms. The highest BCUT2D eigenvalue weighted by molar-refractivity contribution is 7.99. The molecule has 1 aromatic carbocycles. The van der Waals surface area contributed by atoms with E-state index in [2.05, 4.69) is 33.7 Å². The number of aryl methyl sites for hydroxylation is 2. The van der Waals surface area contributed by atoms with Crippen LogP contribution in [0.5, 0.6) is 0 Å². The molecule has 3 rings (SSSR count). The molecule has 0 unspecified atom stereocenters. The average molecular weight is 342 g/mol. The molecule has 3 aromatic rings. The van der Waals surface area contributed by atoms with Crippen LogP contribution in [-0.2, 0) is 4.79 Å². The predicted octanol–water partition coefficient (Wildman–Crippen LogP) is 2.98. The summed E-state index contributed by atoms with van der Waals surface area (Å²) in [6.45, 7) is 4.07. The average Bonchev–Trinajstić information content (AvgIpc) is 3.23. The van der Waals surface area contributed by atoms with Crippen molar-refractivity contribution in [1.82, 2.24) is 20.1 Å². The predicted molar refractivity (Wildman–Crippen MR) is 93.3 cm³/mol. The molecule has 0 aliphatic rings. The highest BCUT2D eigenvalue weighted by Gasteiger charge is 2.20. The lowest BCUT2D eigenvalue weighted by molar-refractivity contribution is -0.118. The van der Waals surface area contributed by atoms with Gasteiger partial charge in [0.15, 0.2) is 10.9 Å². The Morgan fingerprint density at radius 1 is 1.29 bits per heavy atom. The Morgan fingerprint density at radius 3 is 2.83 bits per heavy atom. The summed E-state index contributed by atoms with van der Waals surface area (Å²) in [5.41, 5.74) is 3.21. The number of furan rings is 1. The number of carbonyl (C=O) groups is 1. The van der Waals surface area contributed by atoms with E-state index in [1.54, 1.807) is 13.3 Å². The van der Waals surface area contributed by atoms with Gasteiger partial charge in [0.25, 0.3) is 0 Å². The van der Waals surface area contributed by atoms with Crippen molar-refractivity contribution >= 4 is 17.7 Å². The first-order valence-electron chi connectivity index (χ1n) is 7.50. The minimum Gasteiger partial charge on any atom is -0.461 e. The van der Waals surface area contributed by atoms with Gasteiger partial charge >= 0.3 is 0 Å². The molecule has 0 fully saturated rings. The number of amides is 1. The Balaban J connectivity index is 2.11. The molecule has 0 bridgehead atoms. The molecule has 6 nitrogen and oxygen atoms in total. The van der Waals surface area contributed by atoms with Gasteiger partial charge in [-0.15, -0.1) is 10.2 Å². The minimum absolute atomic E-state index is 0.0601. The molecular formula is C17H18N4O2S. The SMILES string of the molecule is CNC(=O)CSc1nnc(-c2ccco2)n1-c1cc(C)ccc1C. The molecule has 1 N–H and O–H groups in total. The molecule has 0 spiro atoms. The topological polar surface area (TPSA) is 73.0 Å². The zero-order valence-electron chi connectivity index (χ0n) is 13.7. The molecule has 0 atom stereocenters. The van der Waals surface area contributed by atoms with Crippen molar-refractivity contribution in [2.75, 3.05) is 12.8 Å². The maximum atomic E-state index is 11.6. The van der Waals surface area contributed by atoms with Gasteiger partial charge in [-0.1, -0.05) is 23.9 Å². The zero-order chi connectivity index (χ0) is 17.1. The number of carbonyl (C=O) groups excluding carboxylic acids is 1. The van der Waals surface area contributed by atoms with Crippen LogP contribution in [0.15, 0.2) is 46.2 Å². The van der Waals surface area contributed by atoms with Gasteiger partial charge in [-0.3, -0.25) is 9.36 Å². The van der Waals surface area contributed by atoms with Crippen LogP contribution < -0.4 is 5.32 Å². The van der Waals surface area contributed by atoms with Gasteiger partial charge < -0.3 is 9.73 Å². The third-order valence-corrected chi connectivity index (χ3v) is 4.52. The highest BCUT2D eigenvalue weighted by Crippen LogP contribution is 2.30. The summed E-state index contributed by atoms with van der Waals surface area (Å²) in [5.74, 6) is 1.47.